The molecule has 148 valence electrons. The maximum absolute atomic E-state index is 13.4. The quantitative estimate of drug-likeness (QED) is 0.742. The van der Waals surface area contributed by atoms with Crippen molar-refractivity contribution in [2.45, 2.75) is 61.3 Å². The van der Waals surface area contributed by atoms with Crippen LogP contribution in [-0.2, 0) is 19.6 Å². The molecule has 0 aliphatic carbocycles. The van der Waals surface area contributed by atoms with Crippen LogP contribution in [0.25, 0.3) is 0 Å². The molecule has 3 fully saturated rings. The highest BCUT2D eigenvalue weighted by Crippen LogP contribution is 2.47. The number of amides is 1. The summed E-state index contributed by atoms with van der Waals surface area (Å²) in [5, 5.41) is -0.207. The van der Waals surface area contributed by atoms with Gasteiger partial charge in [-0.15, -0.1) is 0 Å². The number of carbonyl (C=O) groups excluding carboxylic acids is 1. The van der Waals surface area contributed by atoms with E-state index in [4.69, 9.17) is 16.3 Å². The summed E-state index contributed by atoms with van der Waals surface area (Å²) in [5.74, 6) is -0.697. The number of morpholine rings is 1. The zero-order valence-corrected chi connectivity index (χ0v) is 16.8. The third-order valence-corrected chi connectivity index (χ3v) is 8.20. The van der Waals surface area contributed by atoms with Gasteiger partial charge in [0.25, 0.3) is 5.91 Å². The van der Waals surface area contributed by atoms with Gasteiger partial charge in [0.1, 0.15) is 11.9 Å². The molecule has 1 aromatic carbocycles. The fourth-order valence-corrected chi connectivity index (χ4v) is 7.06. The van der Waals surface area contributed by atoms with Crippen LogP contribution in [0.4, 0.5) is 4.39 Å². The summed E-state index contributed by atoms with van der Waals surface area (Å²) in [5.41, 5.74) is -0.514. The van der Waals surface area contributed by atoms with E-state index in [-0.39, 0.29) is 27.9 Å². The monoisotopic (exact) mass is 416 g/mol. The summed E-state index contributed by atoms with van der Waals surface area (Å²) in [7, 11) is -2.03. The number of hydrogen-bond donors (Lipinski definition) is 0. The van der Waals surface area contributed by atoms with Crippen molar-refractivity contribution in [1.29, 1.82) is 0 Å². The van der Waals surface area contributed by atoms with E-state index in [2.05, 4.69) is 0 Å². The number of sulfonamides is 1. The number of carbonyl (C=O) groups is 1. The maximum Gasteiger partial charge on any atom is 0.251 e. The predicted octanol–water partition coefficient (Wildman–Crippen LogP) is 2.41. The molecule has 3 unspecified atom stereocenters. The Hall–Kier alpha value is -1.22. The Labute approximate surface area is 163 Å². The van der Waals surface area contributed by atoms with Crippen LogP contribution in [0.1, 0.15) is 32.6 Å². The van der Waals surface area contributed by atoms with Crippen LogP contribution >= 0.6 is 11.6 Å². The maximum atomic E-state index is 13.4. The molecule has 1 aromatic rings. The highest BCUT2D eigenvalue weighted by atomic mass is 35.5. The molecule has 3 aliphatic heterocycles. The van der Waals surface area contributed by atoms with E-state index in [9.17, 15) is 17.6 Å². The first-order chi connectivity index (χ1) is 12.6. The van der Waals surface area contributed by atoms with E-state index >= 15 is 0 Å². The summed E-state index contributed by atoms with van der Waals surface area (Å²) in [6, 6.07) is 3.10. The Morgan fingerprint density at radius 1 is 1.26 bits per heavy atom. The third-order valence-electron chi connectivity index (χ3n) is 5.91. The second kappa shape index (κ2) is 6.40. The lowest BCUT2D eigenvalue weighted by Gasteiger charge is -2.50. The zero-order valence-electron chi connectivity index (χ0n) is 15.2. The first-order valence-electron chi connectivity index (χ1n) is 9.04. The number of fused-ring (bicyclic) bond motifs is 2. The fraction of sp³-hybridized carbons (Fsp3) is 0.611. The highest BCUT2D eigenvalue weighted by Gasteiger charge is 2.56. The van der Waals surface area contributed by atoms with Gasteiger partial charge < -0.3 is 9.64 Å². The number of benzene rings is 1. The van der Waals surface area contributed by atoms with Crippen molar-refractivity contribution in [3.8, 4) is 0 Å². The van der Waals surface area contributed by atoms with Crippen LogP contribution in [0.5, 0.6) is 0 Å². The van der Waals surface area contributed by atoms with Gasteiger partial charge >= 0.3 is 0 Å². The van der Waals surface area contributed by atoms with Gasteiger partial charge in [-0.2, -0.15) is 4.31 Å². The smallest absolute Gasteiger partial charge is 0.251 e. The van der Waals surface area contributed by atoms with E-state index in [0.717, 1.165) is 18.9 Å². The zero-order chi connectivity index (χ0) is 19.6. The standard InChI is InChI=1S/C18H22ClFN2O4S/c1-11-17(23)21(2)10-18(26-11)8-12-3-4-13(9-18)22(12)27(24,25)14-5-6-16(20)15(19)7-14/h5-7,11-13H,3-4,8-10H2,1-2H3. The van der Waals surface area contributed by atoms with Crippen molar-refractivity contribution in [2.24, 2.45) is 0 Å². The first kappa shape index (κ1) is 19.1. The predicted molar refractivity (Wildman–Crippen MR) is 97.4 cm³/mol. The van der Waals surface area contributed by atoms with Crippen LogP contribution < -0.4 is 0 Å². The Kier molecular flexibility index (Phi) is 4.53. The van der Waals surface area contributed by atoms with Crippen molar-refractivity contribution in [1.82, 2.24) is 9.21 Å². The average Bonchev–Trinajstić information content (AvgIpc) is 2.89. The van der Waals surface area contributed by atoms with Gasteiger partial charge in [0, 0.05) is 25.7 Å². The van der Waals surface area contributed by atoms with Crippen molar-refractivity contribution in [3.63, 3.8) is 0 Å². The van der Waals surface area contributed by atoms with Crippen molar-refractivity contribution >= 4 is 27.5 Å². The molecule has 27 heavy (non-hydrogen) atoms. The van der Waals surface area contributed by atoms with Crippen LogP contribution in [-0.4, -0.2) is 60.9 Å². The van der Waals surface area contributed by atoms with E-state index in [1.807, 2.05) is 0 Å². The Bertz CT molecular complexity index is 863. The fourth-order valence-electron chi connectivity index (χ4n) is 4.92. The van der Waals surface area contributed by atoms with Crippen LogP contribution in [0.2, 0.25) is 5.02 Å². The molecule has 6 nitrogen and oxygen atoms in total. The van der Waals surface area contributed by atoms with Gasteiger partial charge in [-0.1, -0.05) is 11.6 Å². The number of nitrogens with zero attached hydrogens (tertiary/aromatic N) is 2. The molecule has 1 spiro atoms. The van der Waals surface area contributed by atoms with E-state index in [1.165, 1.54) is 12.1 Å². The van der Waals surface area contributed by atoms with Crippen LogP contribution in [0.15, 0.2) is 23.1 Å². The average molecular weight is 417 g/mol. The van der Waals surface area contributed by atoms with E-state index < -0.39 is 27.5 Å². The van der Waals surface area contributed by atoms with Gasteiger partial charge in [0.15, 0.2) is 0 Å². The minimum absolute atomic E-state index is 0.00646. The third kappa shape index (κ3) is 3.06. The van der Waals surface area contributed by atoms with Gasteiger partial charge in [-0.25, -0.2) is 12.8 Å². The molecular weight excluding hydrogens is 395 g/mol. The summed E-state index contributed by atoms with van der Waals surface area (Å²) < 4.78 is 47.5. The molecule has 3 atom stereocenters. The largest absolute Gasteiger partial charge is 0.360 e. The summed E-state index contributed by atoms with van der Waals surface area (Å²) in [4.78, 5) is 13.7. The van der Waals surface area contributed by atoms with Crippen LogP contribution in [0, 0.1) is 5.82 Å². The number of piperidine rings is 1. The Morgan fingerprint density at radius 2 is 1.89 bits per heavy atom. The topological polar surface area (TPSA) is 66.9 Å². The molecule has 2 bridgehead atoms. The molecule has 3 aliphatic rings. The first-order valence-corrected chi connectivity index (χ1v) is 10.9. The molecule has 0 radical (unpaired) electrons. The molecule has 0 aromatic heterocycles. The molecule has 0 N–H and O–H groups in total. The van der Waals surface area contributed by atoms with Gasteiger partial charge in [-0.05, 0) is 50.8 Å². The van der Waals surface area contributed by atoms with Crippen molar-refractivity contribution in [2.75, 3.05) is 13.6 Å². The number of hydrogen-bond acceptors (Lipinski definition) is 4. The normalized spacial score (nSPS) is 34.4. The van der Waals surface area contributed by atoms with Gasteiger partial charge in [0.2, 0.25) is 10.0 Å². The van der Waals surface area contributed by atoms with Crippen molar-refractivity contribution < 1.29 is 22.3 Å². The molecule has 1 amide bonds. The summed E-state index contributed by atoms with van der Waals surface area (Å²) in [6.07, 6.45) is 2.05. The lowest BCUT2D eigenvalue weighted by molar-refractivity contribution is -0.189. The Balaban J connectivity index is 1.63. The minimum Gasteiger partial charge on any atom is -0.360 e. The Morgan fingerprint density at radius 3 is 2.44 bits per heavy atom. The van der Waals surface area contributed by atoms with Gasteiger partial charge in [-0.3, -0.25) is 4.79 Å². The summed E-state index contributed by atoms with van der Waals surface area (Å²) in [6.45, 7) is 2.21. The number of likely N-dealkylation sites (N-methyl/N-ethyl adjacent to an activating group) is 1. The molecule has 0 saturated carbocycles. The van der Waals surface area contributed by atoms with Crippen molar-refractivity contribution in [3.05, 3.63) is 29.0 Å². The molecule has 3 saturated heterocycles. The number of ether oxygens (including phenoxy) is 1. The van der Waals surface area contributed by atoms with Gasteiger partial charge in [0.05, 0.1) is 15.5 Å². The van der Waals surface area contributed by atoms with E-state index in [0.29, 0.717) is 19.4 Å². The number of halogens is 2. The lowest BCUT2D eigenvalue weighted by atomic mass is 9.85. The lowest BCUT2D eigenvalue weighted by Crippen LogP contribution is -2.63. The molecule has 3 heterocycles. The summed E-state index contributed by atoms with van der Waals surface area (Å²) >= 11 is 5.79. The SMILES string of the molecule is CC1OC2(CC3CCC(C2)N3S(=O)(=O)c2ccc(F)c(Cl)c2)CN(C)C1=O. The second-order valence-electron chi connectivity index (χ2n) is 7.84. The minimum atomic E-state index is -3.78. The van der Waals surface area contributed by atoms with Crippen LogP contribution in [0.3, 0.4) is 0 Å². The second-order valence-corrected chi connectivity index (χ2v) is 10.1. The van der Waals surface area contributed by atoms with E-state index in [1.54, 1.807) is 23.2 Å². The molecule has 9 heteroatoms. The number of rotatable bonds is 2. The molecular formula is C18H22ClFN2O4S. The highest BCUT2D eigenvalue weighted by molar-refractivity contribution is 7.89. The molecule has 4 rings (SSSR count).